The van der Waals surface area contributed by atoms with E-state index in [9.17, 15) is 43.5 Å². The molecule has 5 atom stereocenters. The number of aryl methyl sites for hydroxylation is 1. The molecular weight excluding hydrogens is 1100 g/mol. The molecule has 0 heterocycles. The highest BCUT2D eigenvalue weighted by atomic mass is 16.5. The third-order valence-corrected chi connectivity index (χ3v) is 15.2. The van der Waals surface area contributed by atoms with Crippen LogP contribution in [0.1, 0.15) is 145 Å². The number of unbranched alkanes of at least 4 members (excludes halogenated alkanes) is 1. The smallest absolute Gasteiger partial charge is 0.326 e. The largest absolute Gasteiger partial charge is 0.488 e. The van der Waals surface area contributed by atoms with E-state index in [1.54, 1.807) is 36.4 Å². The van der Waals surface area contributed by atoms with E-state index in [2.05, 4.69) is 47.1 Å². The highest BCUT2D eigenvalue weighted by molar-refractivity contribution is 6.00. The van der Waals surface area contributed by atoms with Crippen molar-refractivity contribution in [3.63, 3.8) is 0 Å². The average molecular weight is 1180 g/mol. The normalized spacial score (nSPS) is 13.4. The lowest BCUT2D eigenvalue weighted by Crippen LogP contribution is -2.51. The first-order valence-corrected chi connectivity index (χ1v) is 30.0. The zero-order valence-corrected chi connectivity index (χ0v) is 52.0. The Kier molecular flexibility index (Phi) is 24.2. The number of carbonyl (C=O) groups excluding carboxylic acids is 7. The number of aliphatic carboxylic acids is 1. The zero-order valence-electron chi connectivity index (χ0n) is 52.0. The third-order valence-electron chi connectivity index (χ3n) is 15.2. The summed E-state index contributed by atoms with van der Waals surface area (Å²) in [7, 11) is 1.44. The number of carboxylic acids is 1. The summed E-state index contributed by atoms with van der Waals surface area (Å²) in [5.41, 5.74) is 4.11. The number of rotatable bonds is 31. The highest BCUT2D eigenvalue weighted by Crippen LogP contribution is 2.37. The number of carboxylic acid groups (broad SMARTS) is 1. The minimum absolute atomic E-state index is 0.0173. The van der Waals surface area contributed by atoms with E-state index in [1.807, 2.05) is 145 Å². The van der Waals surface area contributed by atoms with E-state index in [-0.39, 0.29) is 38.1 Å². The molecule has 87 heavy (non-hydrogen) atoms. The number of hydrogen-bond acceptors (Lipinski definition) is 10. The monoisotopic (exact) mass is 1180 g/mol. The van der Waals surface area contributed by atoms with Gasteiger partial charge in [0, 0.05) is 44.2 Å². The van der Waals surface area contributed by atoms with E-state index >= 15 is 0 Å². The first-order valence-electron chi connectivity index (χ1n) is 30.0. The predicted octanol–water partition coefficient (Wildman–Crippen LogP) is 11.5. The molecule has 4 N–H and O–H groups in total. The molecule has 0 spiro atoms. The molecule has 15 nitrogen and oxygen atoms in total. The number of ketones is 3. The van der Waals surface area contributed by atoms with E-state index in [0.717, 1.165) is 30.4 Å². The van der Waals surface area contributed by atoms with Crippen LogP contribution in [0.4, 0.5) is 0 Å². The van der Waals surface area contributed by atoms with Crippen molar-refractivity contribution < 1.29 is 52.9 Å². The third kappa shape index (κ3) is 20.0. The molecule has 15 heteroatoms. The van der Waals surface area contributed by atoms with Gasteiger partial charge in [0.2, 0.25) is 23.6 Å². The summed E-state index contributed by atoms with van der Waals surface area (Å²) < 4.78 is 12.0. The lowest BCUT2D eigenvalue weighted by atomic mass is 9.77. The van der Waals surface area contributed by atoms with E-state index < -0.39 is 101 Å². The molecule has 0 saturated heterocycles. The first kappa shape index (κ1) is 67.6. The Bertz CT molecular complexity index is 3170. The van der Waals surface area contributed by atoms with Crippen molar-refractivity contribution in [1.82, 2.24) is 20.9 Å². The van der Waals surface area contributed by atoms with Crippen LogP contribution in [0.25, 0.3) is 11.1 Å². The summed E-state index contributed by atoms with van der Waals surface area (Å²) in [6, 6.07) is 46.6. The fourth-order valence-electron chi connectivity index (χ4n) is 10.2. The average Bonchev–Trinajstić information content (AvgIpc) is 0.978. The molecule has 460 valence electrons. The summed E-state index contributed by atoms with van der Waals surface area (Å²) in [5.74, 6) is -6.77. The van der Waals surface area contributed by atoms with Gasteiger partial charge in [0.05, 0.1) is 36.6 Å². The number of ether oxygens (including phenoxy) is 2. The molecule has 4 amide bonds. The van der Waals surface area contributed by atoms with Crippen LogP contribution in [0.3, 0.4) is 0 Å². The molecule has 0 aliphatic heterocycles. The molecule has 0 bridgehead atoms. The standard InChI is InChI=1S/C72H86N4O11/c1-11-12-22-50-29-33-52(34-30-50)53-35-37-54(38-36-53)63(78)45-55(47-86-70(4,5)6)68(83)73-49(3)62(77)41-42-66(81)76(10)61(44-51-31-39-59(40-32-51)87-71(7,8)9)64(79)43-48(2)67(82)74-60(69(84)85)46-65(80)75-72(56-23-16-13-17-24-56,57-25-18-14-19-26-57)58-27-20-15-21-28-58/h13-21,23-40,48-49,55,60-61H,11-12,22,41-47H2,1-10H3,(H,73,83)(H,74,82)(H,75,80)(H,84,85)/t48-,49-,55?,60+,61+/m1/s1. The fourth-order valence-corrected chi connectivity index (χ4v) is 10.2. The minimum Gasteiger partial charge on any atom is -0.488 e. The molecule has 0 saturated carbocycles. The topological polar surface area (TPSA) is 215 Å². The Morgan fingerprint density at radius 3 is 1.59 bits per heavy atom. The van der Waals surface area contributed by atoms with E-state index in [4.69, 9.17) is 9.47 Å². The van der Waals surface area contributed by atoms with Crippen molar-refractivity contribution in [2.75, 3.05) is 13.7 Å². The summed E-state index contributed by atoms with van der Waals surface area (Å²) in [6.45, 7) is 16.3. The molecule has 0 aliphatic rings. The zero-order chi connectivity index (χ0) is 63.5. The van der Waals surface area contributed by atoms with Crippen LogP contribution in [0.2, 0.25) is 0 Å². The van der Waals surface area contributed by atoms with Crippen LogP contribution in [0, 0.1) is 11.8 Å². The van der Waals surface area contributed by atoms with Gasteiger partial charge >= 0.3 is 5.97 Å². The predicted molar refractivity (Wildman–Crippen MR) is 338 cm³/mol. The quantitative estimate of drug-likeness (QED) is 0.0237. The number of hydrogen-bond donors (Lipinski definition) is 4. The molecule has 1 unspecified atom stereocenters. The second kappa shape index (κ2) is 31.2. The van der Waals surface area contributed by atoms with Crippen LogP contribution in [0.15, 0.2) is 164 Å². The number of carbonyl (C=O) groups is 8. The SMILES string of the molecule is CCCCc1ccc(-c2ccc(C(=O)CC(COC(C)(C)C)C(=O)N[C@H](C)C(=O)CCC(=O)N(C)[C@@H](Cc3ccc(OC(C)(C)C)cc3)C(=O)C[C@@H](C)C(=O)N[C@@H](CC(=O)NC(c3ccccc3)(c3ccccc3)c3ccccc3)C(=O)O)cc2)cc1. The van der Waals surface area contributed by atoms with E-state index in [1.165, 1.54) is 31.4 Å². The Morgan fingerprint density at radius 1 is 0.575 bits per heavy atom. The molecule has 0 fully saturated rings. The van der Waals surface area contributed by atoms with Crippen LogP contribution < -0.4 is 20.7 Å². The van der Waals surface area contributed by atoms with Gasteiger partial charge in [-0.2, -0.15) is 0 Å². The van der Waals surface area contributed by atoms with Crippen LogP contribution in [-0.2, 0) is 56.7 Å². The number of nitrogens with zero attached hydrogens (tertiary/aromatic N) is 1. The lowest BCUT2D eigenvalue weighted by Gasteiger charge is -2.37. The maximum absolute atomic E-state index is 14.5. The van der Waals surface area contributed by atoms with Gasteiger partial charge < -0.3 is 35.4 Å². The van der Waals surface area contributed by atoms with Gasteiger partial charge in [-0.15, -0.1) is 0 Å². The summed E-state index contributed by atoms with van der Waals surface area (Å²) in [4.78, 5) is 112. The minimum atomic E-state index is -1.69. The second-order valence-corrected chi connectivity index (χ2v) is 24.5. The molecule has 0 aliphatic carbocycles. The van der Waals surface area contributed by atoms with Crippen molar-refractivity contribution in [2.24, 2.45) is 11.8 Å². The van der Waals surface area contributed by atoms with Crippen LogP contribution in [-0.4, -0.2) is 99.9 Å². The van der Waals surface area contributed by atoms with Crippen LogP contribution >= 0.6 is 0 Å². The van der Waals surface area contributed by atoms with Gasteiger partial charge in [0.25, 0.3) is 0 Å². The highest BCUT2D eigenvalue weighted by Gasteiger charge is 2.40. The molecule has 0 radical (unpaired) electrons. The van der Waals surface area contributed by atoms with Crippen molar-refractivity contribution in [1.29, 1.82) is 0 Å². The number of benzene rings is 6. The molecule has 6 rings (SSSR count). The van der Waals surface area contributed by atoms with Gasteiger partial charge in [-0.25, -0.2) is 4.79 Å². The Morgan fingerprint density at radius 2 is 1.09 bits per heavy atom. The van der Waals surface area contributed by atoms with E-state index in [0.29, 0.717) is 33.6 Å². The Labute approximate surface area is 513 Å². The summed E-state index contributed by atoms with van der Waals surface area (Å²) in [6.07, 6.45) is 1.39. The van der Waals surface area contributed by atoms with Crippen molar-refractivity contribution >= 4 is 46.9 Å². The summed E-state index contributed by atoms with van der Waals surface area (Å²) >= 11 is 0. The molecule has 6 aromatic rings. The molecular formula is C72H86N4O11. The molecule has 0 aromatic heterocycles. The Hall–Kier alpha value is -8.56. The van der Waals surface area contributed by atoms with Gasteiger partial charge in [0.15, 0.2) is 17.3 Å². The fraction of sp³-hybridized carbons (Fsp3) is 0.389. The number of nitrogens with one attached hydrogen (secondary N) is 3. The van der Waals surface area contributed by atoms with Gasteiger partial charge in [0.1, 0.15) is 22.9 Å². The Balaban J connectivity index is 1.11. The van der Waals surface area contributed by atoms with Crippen molar-refractivity contribution in [2.45, 2.75) is 155 Å². The van der Waals surface area contributed by atoms with Crippen molar-refractivity contribution in [3.8, 4) is 16.9 Å². The van der Waals surface area contributed by atoms with Crippen LogP contribution in [0.5, 0.6) is 5.75 Å². The summed E-state index contributed by atoms with van der Waals surface area (Å²) in [5, 5.41) is 18.8. The first-order chi connectivity index (χ1) is 41.3. The second-order valence-electron chi connectivity index (χ2n) is 24.5. The number of Topliss-reactive ketones (excluding diaryl/α,β-unsaturated/α-hetero) is 3. The molecule has 6 aromatic carbocycles. The maximum atomic E-state index is 14.5. The number of amides is 4. The number of likely N-dealkylation sites (N-methyl/N-ethyl adjacent to an activating group) is 1. The van der Waals surface area contributed by atoms with Gasteiger partial charge in [-0.3, -0.25) is 33.6 Å². The maximum Gasteiger partial charge on any atom is 0.326 e. The van der Waals surface area contributed by atoms with Crippen molar-refractivity contribution in [3.05, 3.63) is 197 Å². The van der Waals surface area contributed by atoms with Gasteiger partial charge in [-0.05, 0) is 119 Å². The lowest BCUT2D eigenvalue weighted by molar-refractivity contribution is -0.144. The van der Waals surface area contributed by atoms with Gasteiger partial charge in [-0.1, -0.05) is 172 Å².